The Hall–Kier alpha value is -2.09. The summed E-state index contributed by atoms with van der Waals surface area (Å²) in [6.45, 7) is 1.61. The zero-order chi connectivity index (χ0) is 14.4. The molecule has 0 saturated heterocycles. The molecule has 2 rings (SSSR count). The van der Waals surface area contributed by atoms with Crippen molar-refractivity contribution in [2.24, 2.45) is 5.73 Å². The minimum atomic E-state index is -0.288. The first-order valence-corrected chi connectivity index (χ1v) is 6.37. The van der Waals surface area contributed by atoms with Crippen molar-refractivity contribution < 1.29 is 8.81 Å². The third-order valence-electron chi connectivity index (χ3n) is 2.84. The molecule has 1 heterocycles. The van der Waals surface area contributed by atoms with Crippen LogP contribution in [0, 0.1) is 17.7 Å². The highest BCUT2D eigenvalue weighted by atomic mass is 19.1. The molecule has 3 nitrogen and oxygen atoms in total. The topological polar surface area (TPSA) is 42.4 Å². The van der Waals surface area contributed by atoms with E-state index in [-0.39, 0.29) is 12.4 Å². The molecule has 0 amide bonds. The maximum atomic E-state index is 13.3. The molecule has 0 radical (unpaired) electrons. The lowest BCUT2D eigenvalue weighted by atomic mass is 10.1. The van der Waals surface area contributed by atoms with Crippen LogP contribution >= 0.6 is 0 Å². The minimum Gasteiger partial charge on any atom is -0.468 e. The molecule has 0 spiro atoms. The molecule has 0 saturated carbocycles. The van der Waals surface area contributed by atoms with Crippen molar-refractivity contribution in [3.05, 3.63) is 59.3 Å². The van der Waals surface area contributed by atoms with Crippen molar-refractivity contribution in [3.63, 3.8) is 0 Å². The largest absolute Gasteiger partial charge is 0.468 e. The summed E-state index contributed by atoms with van der Waals surface area (Å²) in [5.41, 5.74) is 7.02. The van der Waals surface area contributed by atoms with E-state index >= 15 is 0 Å². The second kappa shape index (κ2) is 6.90. The van der Waals surface area contributed by atoms with Crippen LogP contribution in [0.2, 0.25) is 0 Å². The van der Waals surface area contributed by atoms with Gasteiger partial charge in [-0.15, -0.1) is 0 Å². The van der Waals surface area contributed by atoms with E-state index in [1.165, 1.54) is 12.1 Å². The van der Waals surface area contributed by atoms with Gasteiger partial charge in [0.15, 0.2) is 0 Å². The summed E-state index contributed by atoms with van der Waals surface area (Å²) < 4.78 is 18.6. The predicted molar refractivity (Wildman–Crippen MR) is 76.2 cm³/mol. The summed E-state index contributed by atoms with van der Waals surface area (Å²) in [4.78, 5) is 2.08. The summed E-state index contributed by atoms with van der Waals surface area (Å²) in [5, 5.41) is 0. The highest BCUT2D eigenvalue weighted by Gasteiger charge is 2.07. The summed E-state index contributed by atoms with van der Waals surface area (Å²) in [5.74, 6) is 6.28. The Kier molecular flexibility index (Phi) is 4.94. The number of hydrogen-bond donors (Lipinski definition) is 1. The molecular formula is C16H17FN2O. The second-order valence-corrected chi connectivity index (χ2v) is 4.56. The fraction of sp³-hybridized carbons (Fsp3) is 0.250. The van der Waals surface area contributed by atoms with Crippen LogP contribution < -0.4 is 5.73 Å². The molecule has 0 atom stereocenters. The van der Waals surface area contributed by atoms with Crippen molar-refractivity contribution >= 4 is 0 Å². The summed E-state index contributed by atoms with van der Waals surface area (Å²) in [7, 11) is 1.98. The molecule has 0 aliphatic carbocycles. The number of benzene rings is 1. The molecule has 0 fully saturated rings. The van der Waals surface area contributed by atoms with E-state index in [2.05, 4.69) is 16.7 Å². The quantitative estimate of drug-likeness (QED) is 0.869. The van der Waals surface area contributed by atoms with Crippen LogP contribution in [-0.4, -0.2) is 18.5 Å². The Morgan fingerprint density at radius 1 is 1.30 bits per heavy atom. The van der Waals surface area contributed by atoms with Crippen LogP contribution in [-0.2, 0) is 13.1 Å². The van der Waals surface area contributed by atoms with Gasteiger partial charge >= 0.3 is 0 Å². The van der Waals surface area contributed by atoms with E-state index in [0.29, 0.717) is 18.7 Å². The fourth-order valence-corrected chi connectivity index (χ4v) is 1.96. The van der Waals surface area contributed by atoms with Crippen LogP contribution in [0.25, 0.3) is 0 Å². The van der Waals surface area contributed by atoms with E-state index < -0.39 is 0 Å². The van der Waals surface area contributed by atoms with E-state index in [4.69, 9.17) is 10.2 Å². The van der Waals surface area contributed by atoms with E-state index in [9.17, 15) is 4.39 Å². The zero-order valence-corrected chi connectivity index (χ0v) is 11.4. The molecule has 0 unspecified atom stereocenters. The van der Waals surface area contributed by atoms with Gasteiger partial charge < -0.3 is 10.2 Å². The minimum absolute atomic E-state index is 0.262. The number of hydrogen-bond acceptors (Lipinski definition) is 3. The van der Waals surface area contributed by atoms with Crippen molar-refractivity contribution in [2.45, 2.75) is 13.1 Å². The van der Waals surface area contributed by atoms with E-state index in [1.54, 1.807) is 12.3 Å². The lowest BCUT2D eigenvalue weighted by Gasteiger charge is -2.16. The van der Waals surface area contributed by atoms with Crippen LogP contribution in [0.5, 0.6) is 0 Å². The highest BCUT2D eigenvalue weighted by molar-refractivity contribution is 5.41. The van der Waals surface area contributed by atoms with Gasteiger partial charge in [0.1, 0.15) is 11.6 Å². The number of rotatable bonds is 4. The van der Waals surface area contributed by atoms with Gasteiger partial charge in [0, 0.05) is 12.1 Å². The van der Waals surface area contributed by atoms with Crippen LogP contribution in [0.3, 0.4) is 0 Å². The number of furan rings is 1. The van der Waals surface area contributed by atoms with Crippen molar-refractivity contribution in [3.8, 4) is 11.8 Å². The van der Waals surface area contributed by atoms with Gasteiger partial charge in [0.25, 0.3) is 0 Å². The van der Waals surface area contributed by atoms with Crippen molar-refractivity contribution in [1.82, 2.24) is 4.90 Å². The molecule has 1 aromatic heterocycles. The van der Waals surface area contributed by atoms with Gasteiger partial charge in [-0.05, 0) is 36.9 Å². The van der Waals surface area contributed by atoms with Gasteiger partial charge in [-0.2, -0.15) is 0 Å². The van der Waals surface area contributed by atoms with Gasteiger partial charge in [-0.3, -0.25) is 4.90 Å². The molecule has 104 valence electrons. The monoisotopic (exact) mass is 272 g/mol. The first-order valence-electron chi connectivity index (χ1n) is 6.37. The maximum absolute atomic E-state index is 13.3. The van der Waals surface area contributed by atoms with Gasteiger partial charge in [0.2, 0.25) is 0 Å². The summed E-state index contributed by atoms with van der Waals surface area (Å²) >= 11 is 0. The Balaban J connectivity index is 2.11. The fourth-order valence-electron chi connectivity index (χ4n) is 1.96. The first kappa shape index (κ1) is 14.3. The molecule has 4 heteroatoms. The van der Waals surface area contributed by atoms with E-state index in [1.807, 2.05) is 19.2 Å². The first-order chi connectivity index (χ1) is 9.69. The lowest BCUT2D eigenvalue weighted by molar-refractivity contribution is 0.287. The summed E-state index contributed by atoms with van der Waals surface area (Å²) in [6, 6.07) is 8.44. The average Bonchev–Trinajstić information content (AvgIpc) is 2.91. The average molecular weight is 272 g/mol. The van der Waals surface area contributed by atoms with Crippen molar-refractivity contribution in [1.29, 1.82) is 0 Å². The van der Waals surface area contributed by atoms with E-state index in [0.717, 1.165) is 11.3 Å². The zero-order valence-electron chi connectivity index (χ0n) is 11.4. The lowest BCUT2D eigenvalue weighted by Crippen LogP contribution is -2.17. The Bertz CT molecular complexity index is 611. The molecular weight excluding hydrogens is 255 g/mol. The predicted octanol–water partition coefficient (Wildman–Crippen LogP) is 2.36. The molecule has 0 aliphatic rings. The van der Waals surface area contributed by atoms with Gasteiger partial charge in [-0.25, -0.2) is 4.39 Å². The van der Waals surface area contributed by atoms with Gasteiger partial charge in [-0.1, -0.05) is 17.9 Å². The molecule has 2 N–H and O–H groups in total. The van der Waals surface area contributed by atoms with Gasteiger partial charge in [0.05, 0.1) is 19.4 Å². The normalized spacial score (nSPS) is 10.4. The summed E-state index contributed by atoms with van der Waals surface area (Å²) in [6.07, 6.45) is 1.65. The van der Waals surface area contributed by atoms with Crippen LogP contribution in [0.1, 0.15) is 16.9 Å². The highest BCUT2D eigenvalue weighted by Crippen LogP contribution is 2.14. The Morgan fingerprint density at radius 3 is 2.85 bits per heavy atom. The third kappa shape index (κ3) is 3.95. The number of nitrogens with two attached hydrogens (primary N) is 1. The van der Waals surface area contributed by atoms with Crippen LogP contribution in [0.15, 0.2) is 41.0 Å². The number of nitrogens with zero attached hydrogens (tertiary/aromatic N) is 1. The SMILES string of the molecule is CN(Cc1ccco1)Cc1ccc(F)cc1C#CCN. The van der Waals surface area contributed by atoms with Crippen LogP contribution in [0.4, 0.5) is 4.39 Å². The van der Waals surface area contributed by atoms with Crippen molar-refractivity contribution in [2.75, 3.05) is 13.6 Å². The molecule has 2 aromatic rings. The standard InChI is InChI=1S/C16H17FN2O/c1-19(12-16-5-3-9-20-16)11-14-6-7-15(17)10-13(14)4-2-8-18/h3,5-7,9-10H,8,11-12,18H2,1H3. The number of halogens is 1. The molecule has 20 heavy (non-hydrogen) atoms. The maximum Gasteiger partial charge on any atom is 0.124 e. The molecule has 0 aliphatic heterocycles. The Morgan fingerprint density at radius 2 is 2.15 bits per heavy atom. The molecule has 0 bridgehead atoms. The smallest absolute Gasteiger partial charge is 0.124 e. The molecule has 1 aromatic carbocycles. The second-order valence-electron chi connectivity index (χ2n) is 4.56. The third-order valence-corrected chi connectivity index (χ3v) is 2.84. The Labute approximate surface area is 118 Å².